The number of benzene rings is 4. The van der Waals surface area contributed by atoms with Gasteiger partial charge in [0.05, 0.1) is 10.6 Å². The van der Waals surface area contributed by atoms with Gasteiger partial charge < -0.3 is 10.2 Å². The standard InChI is InChI=1S/C30H27NO4S/c1-22-12-16-25(17-13-22)30(33,21-20-29(32)24-8-4-3-5-9-24)27-10-6-7-11-28(27)31-36(34,35)26-18-14-23(2)15-19-26/h3-19,29,31-33H,1-2H3. The zero-order valence-electron chi connectivity index (χ0n) is 20.0. The molecule has 0 bridgehead atoms. The molecule has 5 nitrogen and oxygen atoms in total. The first-order valence-electron chi connectivity index (χ1n) is 11.4. The molecule has 3 N–H and O–H groups in total. The summed E-state index contributed by atoms with van der Waals surface area (Å²) < 4.78 is 28.9. The minimum atomic E-state index is -3.93. The Hall–Kier alpha value is -3.89. The number of hydrogen-bond donors (Lipinski definition) is 3. The van der Waals surface area contributed by atoms with Gasteiger partial charge in [-0.2, -0.15) is 0 Å². The van der Waals surface area contributed by atoms with Gasteiger partial charge in [0.1, 0.15) is 6.10 Å². The lowest BCUT2D eigenvalue weighted by molar-refractivity contribution is 0.144. The molecule has 0 heterocycles. The van der Waals surface area contributed by atoms with Gasteiger partial charge >= 0.3 is 0 Å². The van der Waals surface area contributed by atoms with Crippen LogP contribution in [0.25, 0.3) is 0 Å². The van der Waals surface area contributed by atoms with Crippen molar-refractivity contribution >= 4 is 15.7 Å². The average molecular weight is 498 g/mol. The molecule has 36 heavy (non-hydrogen) atoms. The first-order valence-corrected chi connectivity index (χ1v) is 12.9. The molecule has 0 saturated carbocycles. The summed E-state index contributed by atoms with van der Waals surface area (Å²) in [6.07, 6.45) is -1.14. The smallest absolute Gasteiger partial charge is 0.261 e. The monoisotopic (exact) mass is 497 g/mol. The molecule has 4 aromatic rings. The topological polar surface area (TPSA) is 86.6 Å². The number of para-hydroxylation sites is 1. The number of hydrogen-bond acceptors (Lipinski definition) is 4. The SMILES string of the molecule is Cc1ccc(C(O)(C#CC(O)c2ccccc2)c2ccccc2NS(=O)(=O)c2ccc(C)cc2)cc1. The molecule has 6 heteroatoms. The summed E-state index contributed by atoms with van der Waals surface area (Å²) in [5.74, 6) is 5.60. The van der Waals surface area contributed by atoms with Crippen LogP contribution in [0.2, 0.25) is 0 Å². The third-order valence-electron chi connectivity index (χ3n) is 5.87. The maximum atomic E-state index is 13.2. The van der Waals surface area contributed by atoms with Crippen LogP contribution in [-0.2, 0) is 15.6 Å². The van der Waals surface area contributed by atoms with Gasteiger partial charge in [0.2, 0.25) is 0 Å². The zero-order chi connectivity index (χ0) is 25.8. The van der Waals surface area contributed by atoms with Crippen LogP contribution in [-0.4, -0.2) is 18.6 Å². The van der Waals surface area contributed by atoms with E-state index in [1.165, 1.54) is 12.1 Å². The second kappa shape index (κ2) is 10.4. The van der Waals surface area contributed by atoms with Gasteiger partial charge in [0.15, 0.2) is 5.60 Å². The molecule has 0 aliphatic carbocycles. The molecule has 0 radical (unpaired) electrons. The van der Waals surface area contributed by atoms with Crippen molar-refractivity contribution in [1.29, 1.82) is 0 Å². The molecule has 182 valence electrons. The largest absolute Gasteiger partial charge is 0.376 e. The molecule has 0 saturated heterocycles. The lowest BCUT2D eigenvalue weighted by Gasteiger charge is -2.27. The zero-order valence-corrected chi connectivity index (χ0v) is 20.8. The Morgan fingerprint density at radius 2 is 1.33 bits per heavy atom. The molecule has 4 rings (SSSR count). The number of sulfonamides is 1. The van der Waals surface area contributed by atoms with Crippen molar-refractivity contribution < 1.29 is 18.6 Å². The summed E-state index contributed by atoms with van der Waals surface area (Å²) in [5, 5.41) is 22.7. The number of nitrogens with one attached hydrogen (secondary N) is 1. The third kappa shape index (κ3) is 5.50. The Morgan fingerprint density at radius 3 is 1.97 bits per heavy atom. The van der Waals surface area contributed by atoms with Crippen LogP contribution in [0.1, 0.15) is 33.9 Å². The fourth-order valence-electron chi connectivity index (χ4n) is 3.79. The minimum absolute atomic E-state index is 0.104. The van der Waals surface area contributed by atoms with E-state index in [1.54, 1.807) is 72.8 Å². The normalized spacial score (nSPS) is 13.7. The van der Waals surface area contributed by atoms with Gasteiger partial charge in [-0.05, 0) is 37.6 Å². The van der Waals surface area contributed by atoms with Crippen LogP contribution in [0.15, 0.2) is 108 Å². The van der Waals surface area contributed by atoms with Gasteiger partial charge in [-0.1, -0.05) is 108 Å². The average Bonchev–Trinajstić information content (AvgIpc) is 2.88. The molecule has 0 fully saturated rings. The number of rotatable bonds is 6. The molecule has 2 unspecified atom stereocenters. The molecular formula is C30H27NO4S. The van der Waals surface area contributed by atoms with E-state index in [-0.39, 0.29) is 16.1 Å². The highest BCUT2D eigenvalue weighted by atomic mass is 32.2. The van der Waals surface area contributed by atoms with E-state index in [4.69, 9.17) is 0 Å². The first-order chi connectivity index (χ1) is 17.2. The van der Waals surface area contributed by atoms with Crippen LogP contribution < -0.4 is 4.72 Å². The second-order valence-corrected chi connectivity index (χ2v) is 10.3. The molecule has 0 spiro atoms. The predicted molar refractivity (Wildman–Crippen MR) is 142 cm³/mol. The van der Waals surface area contributed by atoms with E-state index in [9.17, 15) is 18.6 Å². The number of aryl methyl sites for hydroxylation is 2. The highest BCUT2D eigenvalue weighted by Crippen LogP contribution is 2.35. The summed E-state index contributed by atoms with van der Waals surface area (Å²) in [5.41, 5.74) is 1.49. The first kappa shape index (κ1) is 25.2. The summed E-state index contributed by atoms with van der Waals surface area (Å²) in [6.45, 7) is 3.81. The lowest BCUT2D eigenvalue weighted by atomic mass is 9.85. The van der Waals surface area contributed by atoms with E-state index in [1.807, 2.05) is 32.0 Å². The van der Waals surface area contributed by atoms with E-state index in [0.717, 1.165) is 11.1 Å². The molecule has 0 amide bonds. The lowest BCUT2D eigenvalue weighted by Crippen LogP contribution is -2.28. The second-order valence-electron chi connectivity index (χ2n) is 8.62. The van der Waals surface area contributed by atoms with Gasteiger partial charge in [0.25, 0.3) is 10.0 Å². The molecular weight excluding hydrogens is 470 g/mol. The summed E-state index contributed by atoms with van der Waals surface area (Å²) in [7, 11) is -3.93. The molecule has 2 atom stereocenters. The quantitative estimate of drug-likeness (QED) is 0.325. The predicted octanol–water partition coefficient (Wildman–Crippen LogP) is 5.08. The van der Waals surface area contributed by atoms with Crippen LogP contribution in [0, 0.1) is 25.7 Å². The Morgan fingerprint density at radius 1 is 0.778 bits per heavy atom. The van der Waals surface area contributed by atoms with Crippen molar-refractivity contribution in [3.63, 3.8) is 0 Å². The Balaban J connectivity index is 1.82. The van der Waals surface area contributed by atoms with Crippen LogP contribution in [0.3, 0.4) is 0 Å². The van der Waals surface area contributed by atoms with Crippen LogP contribution in [0.4, 0.5) is 5.69 Å². The fourth-order valence-corrected chi connectivity index (χ4v) is 4.87. The van der Waals surface area contributed by atoms with Crippen molar-refractivity contribution in [1.82, 2.24) is 0 Å². The van der Waals surface area contributed by atoms with Crippen molar-refractivity contribution in [2.75, 3.05) is 4.72 Å². The van der Waals surface area contributed by atoms with Gasteiger partial charge in [-0.3, -0.25) is 4.72 Å². The van der Waals surface area contributed by atoms with E-state index < -0.39 is 21.7 Å². The van der Waals surface area contributed by atoms with E-state index in [0.29, 0.717) is 11.1 Å². The Bertz CT molecular complexity index is 1500. The molecule has 4 aromatic carbocycles. The third-order valence-corrected chi connectivity index (χ3v) is 7.25. The van der Waals surface area contributed by atoms with Gasteiger partial charge in [-0.15, -0.1) is 0 Å². The maximum absolute atomic E-state index is 13.2. The maximum Gasteiger partial charge on any atom is 0.261 e. The van der Waals surface area contributed by atoms with E-state index >= 15 is 0 Å². The van der Waals surface area contributed by atoms with Crippen LogP contribution in [0.5, 0.6) is 0 Å². The summed E-state index contributed by atoms with van der Waals surface area (Å²) in [6, 6.07) is 29.2. The molecule has 0 aliphatic rings. The molecule has 0 aromatic heterocycles. The van der Waals surface area contributed by atoms with E-state index in [2.05, 4.69) is 16.6 Å². The molecule has 0 aliphatic heterocycles. The van der Waals surface area contributed by atoms with Gasteiger partial charge in [-0.25, -0.2) is 8.42 Å². The van der Waals surface area contributed by atoms with Crippen molar-refractivity contribution in [2.24, 2.45) is 0 Å². The number of aliphatic hydroxyl groups is 2. The fraction of sp³-hybridized carbons (Fsp3) is 0.133. The minimum Gasteiger partial charge on any atom is -0.376 e. The van der Waals surface area contributed by atoms with Gasteiger partial charge in [0, 0.05) is 11.1 Å². The van der Waals surface area contributed by atoms with Crippen molar-refractivity contribution in [3.05, 3.63) is 131 Å². The number of aliphatic hydroxyl groups excluding tert-OH is 1. The Labute approximate surface area is 212 Å². The highest BCUT2D eigenvalue weighted by Gasteiger charge is 2.33. The number of anilines is 1. The highest BCUT2D eigenvalue weighted by molar-refractivity contribution is 7.92. The van der Waals surface area contributed by atoms with Crippen molar-refractivity contribution in [3.8, 4) is 11.8 Å². The summed E-state index contributed by atoms with van der Waals surface area (Å²) in [4.78, 5) is 0.104. The summed E-state index contributed by atoms with van der Waals surface area (Å²) >= 11 is 0. The van der Waals surface area contributed by atoms with Crippen molar-refractivity contribution in [2.45, 2.75) is 30.4 Å². The van der Waals surface area contributed by atoms with Crippen LogP contribution >= 0.6 is 0 Å². The Kier molecular flexibility index (Phi) is 7.27.